The minimum absolute atomic E-state index is 0.239. The molecule has 30 heavy (non-hydrogen) atoms. The van der Waals surface area contributed by atoms with Gasteiger partial charge in [0.25, 0.3) is 6.47 Å². The first-order valence-electron chi connectivity index (χ1n) is 9.60. The van der Waals surface area contributed by atoms with E-state index in [-0.39, 0.29) is 12.6 Å². The Hall–Kier alpha value is -2.69. The number of hydrogen-bond acceptors (Lipinski definition) is 8. The largest absolute Gasteiger partial charge is 0.483 e. The van der Waals surface area contributed by atoms with E-state index in [1.54, 1.807) is 12.5 Å². The van der Waals surface area contributed by atoms with Gasteiger partial charge in [0.2, 0.25) is 0 Å². The Kier molecular flexibility index (Phi) is 8.42. The average Bonchev–Trinajstić information content (AvgIpc) is 3.37. The lowest BCUT2D eigenvalue weighted by Gasteiger charge is -2.31. The minimum atomic E-state index is -0.250. The van der Waals surface area contributed by atoms with Gasteiger partial charge in [-0.2, -0.15) is 0 Å². The molecule has 1 unspecified atom stereocenters. The molecule has 0 spiro atoms. The second-order valence-electron chi connectivity index (χ2n) is 6.78. The van der Waals surface area contributed by atoms with Crippen molar-refractivity contribution in [2.75, 3.05) is 13.1 Å². The van der Waals surface area contributed by atoms with E-state index in [0.717, 1.165) is 54.2 Å². The van der Waals surface area contributed by atoms with Crippen molar-refractivity contribution in [1.29, 1.82) is 0 Å². The Balaban J connectivity index is 0.000000806. The Morgan fingerprint density at radius 3 is 2.97 bits per heavy atom. The number of aromatic nitrogens is 4. The van der Waals surface area contributed by atoms with Crippen molar-refractivity contribution < 1.29 is 19.1 Å². The van der Waals surface area contributed by atoms with E-state index in [0.29, 0.717) is 6.61 Å². The summed E-state index contributed by atoms with van der Waals surface area (Å²) in [6.45, 7) is 3.09. The predicted molar refractivity (Wildman–Crippen MR) is 110 cm³/mol. The number of piperidine rings is 1. The third-order valence-corrected chi connectivity index (χ3v) is 5.51. The van der Waals surface area contributed by atoms with Crippen LogP contribution in [0.25, 0.3) is 0 Å². The molecule has 1 fully saturated rings. The zero-order valence-electron chi connectivity index (χ0n) is 16.8. The standard InChI is InChI=1S/C19H23N5O2S.CH2O2/c1-23-14-21-22-19(23)27-18-8-7-17(26-18)12-24-10-4-6-16(11-24)25-13-15-5-2-3-9-20-15;2-1-3/h2-3,5,7-9,14,16H,4,6,10-13H2,1H3;1H,(H,2,3). The summed E-state index contributed by atoms with van der Waals surface area (Å²) < 4.78 is 13.9. The molecule has 4 rings (SSSR count). The second kappa shape index (κ2) is 11.5. The summed E-state index contributed by atoms with van der Waals surface area (Å²) >= 11 is 1.48. The van der Waals surface area contributed by atoms with Gasteiger partial charge in [0, 0.05) is 19.8 Å². The topological polar surface area (TPSA) is 107 Å². The summed E-state index contributed by atoms with van der Waals surface area (Å²) in [5.74, 6) is 0.963. The number of carbonyl (C=O) groups is 1. The van der Waals surface area contributed by atoms with Crippen LogP contribution in [0, 0.1) is 0 Å². The molecule has 1 N–H and O–H groups in total. The van der Waals surface area contributed by atoms with Crippen molar-refractivity contribution in [1.82, 2.24) is 24.6 Å². The third kappa shape index (κ3) is 6.68. The van der Waals surface area contributed by atoms with Crippen LogP contribution in [-0.2, 0) is 29.7 Å². The van der Waals surface area contributed by atoms with Crippen molar-refractivity contribution in [2.45, 2.75) is 42.3 Å². The van der Waals surface area contributed by atoms with Crippen molar-refractivity contribution >= 4 is 18.2 Å². The van der Waals surface area contributed by atoms with Crippen LogP contribution in [0.3, 0.4) is 0 Å². The first kappa shape index (κ1) is 22.0. The van der Waals surface area contributed by atoms with Crippen LogP contribution in [-0.4, -0.2) is 55.4 Å². The van der Waals surface area contributed by atoms with Crippen LogP contribution in [0.1, 0.15) is 24.3 Å². The molecule has 0 amide bonds. The normalized spacial score (nSPS) is 16.6. The van der Waals surface area contributed by atoms with Crippen LogP contribution in [0.5, 0.6) is 0 Å². The second-order valence-corrected chi connectivity index (χ2v) is 7.76. The summed E-state index contributed by atoms with van der Waals surface area (Å²) in [6, 6.07) is 9.95. The lowest BCUT2D eigenvalue weighted by atomic mass is 10.1. The fourth-order valence-corrected chi connectivity index (χ4v) is 3.90. The van der Waals surface area contributed by atoms with E-state index >= 15 is 0 Å². The van der Waals surface area contributed by atoms with Gasteiger partial charge < -0.3 is 18.8 Å². The van der Waals surface area contributed by atoms with E-state index in [2.05, 4.69) is 20.1 Å². The number of rotatable bonds is 7. The molecular weight excluding hydrogens is 406 g/mol. The van der Waals surface area contributed by atoms with Crippen LogP contribution in [0.15, 0.2) is 57.5 Å². The van der Waals surface area contributed by atoms with Gasteiger partial charge in [-0.3, -0.25) is 14.7 Å². The van der Waals surface area contributed by atoms with Gasteiger partial charge in [0.05, 0.1) is 24.9 Å². The summed E-state index contributed by atoms with van der Waals surface area (Å²) in [5.41, 5.74) is 0.978. The highest BCUT2D eigenvalue weighted by Crippen LogP contribution is 2.28. The van der Waals surface area contributed by atoms with E-state index in [9.17, 15) is 0 Å². The van der Waals surface area contributed by atoms with Gasteiger partial charge in [-0.15, -0.1) is 10.2 Å². The van der Waals surface area contributed by atoms with E-state index in [1.165, 1.54) is 11.8 Å². The number of furan rings is 1. The molecular formula is C20H25N5O4S. The summed E-state index contributed by atoms with van der Waals surface area (Å²) in [5, 5.41) is 16.5. The SMILES string of the molecule is Cn1cnnc1Sc1ccc(CN2CCCC(OCc3ccccn3)C2)o1.O=CO. The smallest absolute Gasteiger partial charge is 0.290 e. The maximum Gasteiger partial charge on any atom is 0.290 e. The zero-order valence-corrected chi connectivity index (χ0v) is 17.6. The highest BCUT2D eigenvalue weighted by molar-refractivity contribution is 7.99. The van der Waals surface area contributed by atoms with Crippen LogP contribution in [0.4, 0.5) is 0 Å². The molecule has 1 saturated heterocycles. The van der Waals surface area contributed by atoms with Crippen LogP contribution < -0.4 is 0 Å². The molecule has 0 aromatic carbocycles. The van der Waals surface area contributed by atoms with Crippen LogP contribution >= 0.6 is 11.8 Å². The first-order chi connectivity index (χ1) is 14.7. The lowest BCUT2D eigenvalue weighted by Crippen LogP contribution is -2.39. The molecule has 4 heterocycles. The number of carboxylic acid groups (broad SMARTS) is 1. The number of likely N-dealkylation sites (tertiary alicyclic amines) is 1. The summed E-state index contributed by atoms with van der Waals surface area (Å²) in [4.78, 5) is 15.1. The first-order valence-corrected chi connectivity index (χ1v) is 10.4. The van der Waals surface area contributed by atoms with E-state index in [4.69, 9.17) is 19.1 Å². The monoisotopic (exact) mass is 431 g/mol. The molecule has 10 heteroatoms. The minimum Gasteiger partial charge on any atom is -0.483 e. The molecule has 160 valence electrons. The highest BCUT2D eigenvalue weighted by atomic mass is 32.2. The van der Waals surface area contributed by atoms with Gasteiger partial charge in [0.15, 0.2) is 10.2 Å². The maximum atomic E-state index is 8.36. The van der Waals surface area contributed by atoms with E-state index in [1.807, 2.05) is 41.9 Å². The summed E-state index contributed by atoms with van der Waals surface area (Å²) in [6.07, 6.45) is 5.95. The molecule has 0 saturated carbocycles. The predicted octanol–water partition coefficient (Wildman–Crippen LogP) is 2.84. The number of ether oxygens (including phenoxy) is 1. The fourth-order valence-electron chi connectivity index (χ4n) is 3.15. The molecule has 0 radical (unpaired) electrons. The number of hydrogen-bond donors (Lipinski definition) is 1. The molecule has 9 nitrogen and oxygen atoms in total. The van der Waals surface area contributed by atoms with Crippen molar-refractivity contribution in [3.05, 3.63) is 54.3 Å². The quantitative estimate of drug-likeness (QED) is 0.565. The average molecular weight is 432 g/mol. The van der Waals surface area contributed by atoms with Gasteiger partial charge in [-0.1, -0.05) is 6.07 Å². The fraction of sp³-hybridized carbons (Fsp3) is 0.400. The number of nitrogens with zero attached hydrogens (tertiary/aromatic N) is 5. The molecule has 0 bridgehead atoms. The van der Waals surface area contributed by atoms with Crippen LogP contribution in [0.2, 0.25) is 0 Å². The molecule has 1 aliphatic heterocycles. The zero-order chi connectivity index (χ0) is 21.2. The van der Waals surface area contributed by atoms with E-state index < -0.39 is 0 Å². The molecule has 0 aliphatic carbocycles. The van der Waals surface area contributed by atoms with Gasteiger partial charge in [-0.05, 0) is 55.4 Å². The number of pyridine rings is 1. The summed E-state index contributed by atoms with van der Waals surface area (Å²) in [7, 11) is 1.92. The Morgan fingerprint density at radius 1 is 1.37 bits per heavy atom. The van der Waals surface area contributed by atoms with Crippen molar-refractivity contribution in [2.24, 2.45) is 7.05 Å². The lowest BCUT2D eigenvalue weighted by molar-refractivity contribution is -0.122. The third-order valence-electron chi connectivity index (χ3n) is 4.53. The van der Waals surface area contributed by atoms with Crippen molar-refractivity contribution in [3.8, 4) is 0 Å². The number of aryl methyl sites for hydroxylation is 1. The van der Waals surface area contributed by atoms with Crippen molar-refractivity contribution in [3.63, 3.8) is 0 Å². The maximum absolute atomic E-state index is 8.36. The highest BCUT2D eigenvalue weighted by Gasteiger charge is 2.21. The molecule has 1 atom stereocenters. The van der Waals surface area contributed by atoms with Gasteiger partial charge in [-0.25, -0.2) is 0 Å². The Labute approximate surface area is 179 Å². The Bertz CT molecular complexity index is 902. The Morgan fingerprint density at radius 2 is 2.23 bits per heavy atom. The molecule has 1 aliphatic rings. The molecule has 3 aromatic heterocycles. The van der Waals surface area contributed by atoms with Gasteiger partial charge in [0.1, 0.15) is 12.1 Å². The molecule has 3 aromatic rings. The van der Waals surface area contributed by atoms with Gasteiger partial charge >= 0.3 is 0 Å².